The Balaban J connectivity index is 2.35. The Morgan fingerprint density at radius 1 is 1.41 bits per heavy atom. The van der Waals surface area contributed by atoms with Crippen LogP contribution in [0.5, 0.6) is 0 Å². The van der Waals surface area contributed by atoms with Crippen molar-refractivity contribution in [3.63, 3.8) is 0 Å². The second-order valence-electron chi connectivity index (χ2n) is 5.15. The zero-order valence-electron chi connectivity index (χ0n) is 11.5. The first-order valence-electron chi connectivity index (χ1n) is 6.60. The summed E-state index contributed by atoms with van der Waals surface area (Å²) in [6, 6.07) is 3.55. The van der Waals surface area contributed by atoms with Crippen molar-refractivity contribution in [1.29, 1.82) is 0 Å². The molecule has 1 aliphatic rings. The van der Waals surface area contributed by atoms with E-state index in [1.807, 2.05) is 0 Å². The number of nitro groups is 1. The van der Waals surface area contributed by atoms with E-state index in [0.717, 1.165) is 6.07 Å². The number of carbonyl (C=O) groups excluding carboxylic acids is 1. The third kappa shape index (κ3) is 3.29. The van der Waals surface area contributed by atoms with Crippen molar-refractivity contribution in [1.82, 2.24) is 0 Å². The molecule has 0 spiro atoms. The third-order valence-corrected chi connectivity index (χ3v) is 3.68. The van der Waals surface area contributed by atoms with Crippen LogP contribution in [0.25, 0.3) is 0 Å². The molecule has 1 aliphatic heterocycles. The van der Waals surface area contributed by atoms with Crippen LogP contribution in [0.15, 0.2) is 18.2 Å². The van der Waals surface area contributed by atoms with E-state index in [9.17, 15) is 28.1 Å². The molecule has 0 aliphatic carbocycles. The standard InChI is InChI=1S/C13H14F3N3O3/c14-13(15,16)9-2-1-5-18(7-9)10-4-3-8(12(17)20)6-11(10)19(21)22/h3-4,6,9H,1-2,5,7H2,(H2,17,20). The van der Waals surface area contributed by atoms with Crippen LogP contribution in [-0.2, 0) is 0 Å². The van der Waals surface area contributed by atoms with Gasteiger partial charge in [-0.05, 0) is 25.0 Å². The van der Waals surface area contributed by atoms with Crippen molar-refractivity contribution in [2.75, 3.05) is 18.0 Å². The summed E-state index contributed by atoms with van der Waals surface area (Å²) in [4.78, 5) is 22.8. The summed E-state index contributed by atoms with van der Waals surface area (Å²) in [5.74, 6) is -2.35. The van der Waals surface area contributed by atoms with Crippen molar-refractivity contribution >= 4 is 17.3 Å². The van der Waals surface area contributed by atoms with Gasteiger partial charge in [0, 0.05) is 24.7 Å². The van der Waals surface area contributed by atoms with E-state index in [0.29, 0.717) is 13.0 Å². The topological polar surface area (TPSA) is 89.5 Å². The fourth-order valence-electron chi connectivity index (χ4n) is 2.55. The molecule has 0 saturated carbocycles. The third-order valence-electron chi connectivity index (χ3n) is 3.68. The predicted octanol–water partition coefficient (Wildman–Crippen LogP) is 2.47. The quantitative estimate of drug-likeness (QED) is 0.685. The number of benzene rings is 1. The van der Waals surface area contributed by atoms with Crippen LogP contribution in [0.2, 0.25) is 0 Å². The predicted molar refractivity (Wildman–Crippen MR) is 72.6 cm³/mol. The molecule has 0 bridgehead atoms. The lowest BCUT2D eigenvalue weighted by molar-refractivity contribution is -0.384. The van der Waals surface area contributed by atoms with Gasteiger partial charge < -0.3 is 10.6 Å². The van der Waals surface area contributed by atoms with Gasteiger partial charge in [-0.15, -0.1) is 0 Å². The number of nitrogens with zero attached hydrogens (tertiary/aromatic N) is 2. The monoisotopic (exact) mass is 317 g/mol. The molecule has 0 aromatic heterocycles. The smallest absolute Gasteiger partial charge is 0.366 e. The van der Waals surface area contributed by atoms with Crippen LogP contribution in [0.1, 0.15) is 23.2 Å². The SMILES string of the molecule is NC(=O)c1ccc(N2CCCC(C(F)(F)F)C2)c([N+](=O)[O-])c1. The van der Waals surface area contributed by atoms with Crippen LogP contribution < -0.4 is 10.6 Å². The van der Waals surface area contributed by atoms with E-state index in [4.69, 9.17) is 5.73 Å². The van der Waals surface area contributed by atoms with E-state index in [1.54, 1.807) is 0 Å². The Hall–Kier alpha value is -2.32. The number of amides is 1. The fraction of sp³-hybridized carbons (Fsp3) is 0.462. The molecule has 1 saturated heterocycles. The lowest BCUT2D eigenvalue weighted by Gasteiger charge is -2.34. The average molecular weight is 317 g/mol. The maximum absolute atomic E-state index is 12.8. The number of nitro benzene ring substituents is 1. The van der Waals surface area contributed by atoms with Crippen molar-refractivity contribution in [3.8, 4) is 0 Å². The van der Waals surface area contributed by atoms with Gasteiger partial charge in [0.25, 0.3) is 5.69 Å². The number of anilines is 1. The number of rotatable bonds is 3. The molecular formula is C13H14F3N3O3. The molecule has 0 radical (unpaired) electrons. The summed E-state index contributed by atoms with van der Waals surface area (Å²) in [6.45, 7) is -0.0381. The first-order chi connectivity index (χ1) is 10.2. The zero-order chi connectivity index (χ0) is 16.5. The van der Waals surface area contributed by atoms with Gasteiger partial charge >= 0.3 is 6.18 Å². The Labute approximate surface area is 123 Å². The van der Waals surface area contributed by atoms with E-state index in [1.165, 1.54) is 17.0 Å². The second kappa shape index (κ2) is 5.82. The first-order valence-corrected chi connectivity index (χ1v) is 6.60. The first kappa shape index (κ1) is 16.1. The molecule has 1 unspecified atom stereocenters. The van der Waals surface area contributed by atoms with Gasteiger partial charge in [0.2, 0.25) is 5.91 Å². The largest absolute Gasteiger partial charge is 0.393 e. The summed E-state index contributed by atoms with van der Waals surface area (Å²) in [5.41, 5.74) is 4.67. The lowest BCUT2D eigenvalue weighted by atomic mass is 9.96. The van der Waals surface area contributed by atoms with Crippen LogP contribution in [0, 0.1) is 16.0 Å². The molecule has 9 heteroatoms. The van der Waals surface area contributed by atoms with Crippen molar-refractivity contribution in [2.24, 2.45) is 11.7 Å². The maximum Gasteiger partial charge on any atom is 0.393 e. The highest BCUT2D eigenvalue weighted by molar-refractivity contribution is 5.94. The molecule has 1 aromatic carbocycles. The number of hydrogen-bond acceptors (Lipinski definition) is 4. The Morgan fingerprint density at radius 3 is 2.64 bits per heavy atom. The molecule has 1 amide bonds. The number of primary amides is 1. The number of nitrogens with two attached hydrogens (primary N) is 1. The Bertz CT molecular complexity index is 604. The Kier molecular flexibility index (Phi) is 4.25. The molecule has 1 fully saturated rings. The second-order valence-corrected chi connectivity index (χ2v) is 5.15. The van der Waals surface area contributed by atoms with Gasteiger partial charge in [0.1, 0.15) is 5.69 Å². The molecule has 1 heterocycles. The summed E-state index contributed by atoms with van der Waals surface area (Å²) in [6.07, 6.45) is -4.04. The van der Waals surface area contributed by atoms with Crippen molar-refractivity contribution < 1.29 is 22.9 Å². The van der Waals surface area contributed by atoms with Crippen LogP contribution in [0.4, 0.5) is 24.5 Å². The van der Waals surface area contributed by atoms with E-state index >= 15 is 0 Å². The highest BCUT2D eigenvalue weighted by atomic mass is 19.4. The number of piperidine rings is 1. The molecule has 1 atom stereocenters. The minimum absolute atomic E-state index is 0.00711. The molecule has 22 heavy (non-hydrogen) atoms. The van der Waals surface area contributed by atoms with E-state index in [-0.39, 0.29) is 24.2 Å². The highest BCUT2D eigenvalue weighted by Crippen LogP contribution is 2.37. The van der Waals surface area contributed by atoms with Gasteiger partial charge in [-0.1, -0.05) is 0 Å². The normalized spacial score (nSPS) is 19.0. The molecular weight excluding hydrogens is 303 g/mol. The Morgan fingerprint density at radius 2 is 2.09 bits per heavy atom. The summed E-state index contributed by atoms with van der Waals surface area (Å²) in [5, 5.41) is 11.1. The van der Waals surface area contributed by atoms with Crippen LogP contribution >= 0.6 is 0 Å². The van der Waals surface area contributed by atoms with Crippen molar-refractivity contribution in [2.45, 2.75) is 19.0 Å². The number of carbonyl (C=O) groups is 1. The van der Waals surface area contributed by atoms with Gasteiger partial charge in [0.15, 0.2) is 0 Å². The van der Waals surface area contributed by atoms with Gasteiger partial charge in [-0.2, -0.15) is 13.2 Å². The number of halogens is 3. The summed E-state index contributed by atoms with van der Waals surface area (Å²) < 4.78 is 38.5. The highest BCUT2D eigenvalue weighted by Gasteiger charge is 2.42. The minimum atomic E-state index is -4.33. The summed E-state index contributed by atoms with van der Waals surface area (Å²) >= 11 is 0. The van der Waals surface area contributed by atoms with Crippen LogP contribution in [0.3, 0.4) is 0 Å². The maximum atomic E-state index is 12.8. The van der Waals surface area contributed by atoms with Gasteiger partial charge in [0.05, 0.1) is 10.8 Å². The van der Waals surface area contributed by atoms with Gasteiger partial charge in [-0.3, -0.25) is 14.9 Å². The molecule has 2 N–H and O–H groups in total. The summed E-state index contributed by atoms with van der Waals surface area (Å²) in [7, 11) is 0. The minimum Gasteiger partial charge on any atom is -0.366 e. The number of alkyl halides is 3. The molecule has 2 rings (SSSR count). The van der Waals surface area contributed by atoms with E-state index < -0.39 is 28.6 Å². The zero-order valence-corrected chi connectivity index (χ0v) is 11.5. The molecule has 1 aromatic rings. The fourth-order valence-corrected chi connectivity index (χ4v) is 2.55. The molecule has 120 valence electrons. The molecule has 6 nitrogen and oxygen atoms in total. The van der Waals surface area contributed by atoms with Gasteiger partial charge in [-0.25, -0.2) is 0 Å². The van der Waals surface area contributed by atoms with E-state index in [2.05, 4.69) is 0 Å². The number of hydrogen-bond donors (Lipinski definition) is 1. The van der Waals surface area contributed by atoms with Crippen LogP contribution in [-0.4, -0.2) is 30.1 Å². The average Bonchev–Trinajstić information content (AvgIpc) is 2.45. The lowest BCUT2D eigenvalue weighted by Crippen LogP contribution is -2.42. The van der Waals surface area contributed by atoms with Crippen molar-refractivity contribution in [3.05, 3.63) is 33.9 Å².